The minimum absolute atomic E-state index is 0. The molecule has 0 spiro atoms. The predicted octanol–water partition coefficient (Wildman–Crippen LogP) is 1.93. The Morgan fingerprint density at radius 3 is 2.24 bits per heavy atom. The van der Waals surface area contributed by atoms with Gasteiger partial charge >= 0.3 is 0 Å². The Labute approximate surface area is 131 Å². The number of Topliss-reactive ketones (excluding diaryl/α,β-unsaturated/α-hetero) is 1. The lowest BCUT2D eigenvalue weighted by Crippen LogP contribution is -2.48. The Morgan fingerprint density at radius 1 is 1.19 bits per heavy atom. The molecule has 0 aliphatic rings. The molecular weight excluding hydrogens is 292 g/mol. The molecule has 6 heteroatoms. The van der Waals surface area contributed by atoms with Crippen LogP contribution in [0.1, 0.15) is 37.0 Å². The van der Waals surface area contributed by atoms with Crippen LogP contribution in [0.4, 0.5) is 0 Å². The summed E-state index contributed by atoms with van der Waals surface area (Å²) >= 11 is 0. The van der Waals surface area contributed by atoms with E-state index in [0.29, 0.717) is 17.9 Å². The number of rotatable bonds is 7. The maximum atomic E-state index is 11.9. The van der Waals surface area contributed by atoms with Crippen molar-refractivity contribution >= 4 is 24.1 Å². The Balaban J connectivity index is 0.00000400. The molecule has 1 amide bonds. The third kappa shape index (κ3) is 6.60. The van der Waals surface area contributed by atoms with Crippen molar-refractivity contribution in [2.45, 2.75) is 32.2 Å². The zero-order valence-corrected chi connectivity index (χ0v) is 13.5. The standard InChI is InChI=1S/C15H22N2O3.ClH/c1-15(2,10-16)17-14(19)9-8-13(18)11-4-6-12(20-3)7-5-11;/h4-7H,8-10,16H2,1-3H3,(H,17,19);1H. The van der Waals surface area contributed by atoms with E-state index in [2.05, 4.69) is 5.32 Å². The maximum absolute atomic E-state index is 11.9. The van der Waals surface area contributed by atoms with Gasteiger partial charge in [-0.05, 0) is 38.1 Å². The summed E-state index contributed by atoms with van der Waals surface area (Å²) in [6.45, 7) is 4.04. The van der Waals surface area contributed by atoms with E-state index in [1.807, 2.05) is 13.8 Å². The van der Waals surface area contributed by atoms with Crippen LogP contribution >= 0.6 is 12.4 Å². The smallest absolute Gasteiger partial charge is 0.220 e. The lowest BCUT2D eigenvalue weighted by molar-refractivity contribution is -0.122. The number of ether oxygens (including phenoxy) is 1. The maximum Gasteiger partial charge on any atom is 0.220 e. The number of hydrogen-bond donors (Lipinski definition) is 2. The van der Waals surface area contributed by atoms with Gasteiger partial charge in [0.25, 0.3) is 0 Å². The van der Waals surface area contributed by atoms with Crippen molar-refractivity contribution in [3.05, 3.63) is 29.8 Å². The van der Waals surface area contributed by atoms with E-state index in [9.17, 15) is 9.59 Å². The molecule has 0 radical (unpaired) electrons. The summed E-state index contributed by atoms with van der Waals surface area (Å²) < 4.78 is 5.03. The van der Waals surface area contributed by atoms with Gasteiger partial charge in [0.05, 0.1) is 7.11 Å². The average molecular weight is 315 g/mol. The van der Waals surface area contributed by atoms with Gasteiger partial charge in [-0.15, -0.1) is 12.4 Å². The minimum Gasteiger partial charge on any atom is -0.497 e. The number of methoxy groups -OCH3 is 1. The first kappa shape index (κ1) is 19.4. The molecule has 118 valence electrons. The summed E-state index contributed by atoms with van der Waals surface area (Å²) in [5.74, 6) is 0.472. The third-order valence-electron chi connectivity index (χ3n) is 2.98. The lowest BCUT2D eigenvalue weighted by Gasteiger charge is -2.24. The Morgan fingerprint density at radius 2 is 1.76 bits per heavy atom. The van der Waals surface area contributed by atoms with E-state index in [4.69, 9.17) is 10.5 Å². The zero-order chi connectivity index (χ0) is 15.2. The number of carbonyl (C=O) groups is 2. The Kier molecular flexibility index (Phi) is 7.99. The van der Waals surface area contributed by atoms with Crippen LogP contribution in [0.2, 0.25) is 0 Å². The number of benzene rings is 1. The Bertz CT molecular complexity index is 472. The summed E-state index contributed by atoms with van der Waals surface area (Å²) in [5.41, 5.74) is 5.67. The average Bonchev–Trinajstić information content (AvgIpc) is 2.44. The van der Waals surface area contributed by atoms with Crippen molar-refractivity contribution in [2.75, 3.05) is 13.7 Å². The monoisotopic (exact) mass is 314 g/mol. The van der Waals surface area contributed by atoms with Crippen LogP contribution in [0.25, 0.3) is 0 Å². The van der Waals surface area contributed by atoms with Gasteiger partial charge < -0.3 is 15.8 Å². The van der Waals surface area contributed by atoms with Gasteiger partial charge in [0.2, 0.25) is 5.91 Å². The van der Waals surface area contributed by atoms with Crippen LogP contribution in [0, 0.1) is 0 Å². The number of carbonyl (C=O) groups excluding carboxylic acids is 2. The number of hydrogen-bond acceptors (Lipinski definition) is 4. The van der Waals surface area contributed by atoms with E-state index in [1.165, 1.54) is 0 Å². The molecule has 0 aromatic heterocycles. The first-order valence-electron chi connectivity index (χ1n) is 6.56. The van der Waals surface area contributed by atoms with Crippen molar-refractivity contribution in [3.8, 4) is 5.75 Å². The highest BCUT2D eigenvalue weighted by molar-refractivity contribution is 5.98. The van der Waals surface area contributed by atoms with E-state index >= 15 is 0 Å². The summed E-state index contributed by atoms with van der Waals surface area (Å²) in [4.78, 5) is 23.7. The molecule has 3 N–H and O–H groups in total. The summed E-state index contributed by atoms with van der Waals surface area (Å²) in [6, 6.07) is 6.85. The molecule has 5 nitrogen and oxygen atoms in total. The van der Waals surface area contributed by atoms with Crippen LogP contribution in [-0.4, -0.2) is 30.9 Å². The molecule has 0 atom stereocenters. The van der Waals surface area contributed by atoms with Gasteiger partial charge in [-0.25, -0.2) is 0 Å². The van der Waals surface area contributed by atoms with Crippen molar-refractivity contribution in [1.29, 1.82) is 0 Å². The molecular formula is C15H23ClN2O3. The number of ketones is 1. The number of nitrogens with one attached hydrogen (secondary N) is 1. The number of nitrogens with two attached hydrogens (primary N) is 1. The largest absolute Gasteiger partial charge is 0.497 e. The van der Waals surface area contributed by atoms with E-state index in [0.717, 1.165) is 0 Å². The molecule has 1 rings (SSSR count). The van der Waals surface area contributed by atoms with E-state index in [1.54, 1.807) is 31.4 Å². The molecule has 0 unspecified atom stereocenters. The fourth-order valence-corrected chi connectivity index (χ4v) is 1.64. The second kappa shape index (κ2) is 8.64. The molecule has 21 heavy (non-hydrogen) atoms. The lowest BCUT2D eigenvalue weighted by atomic mass is 10.0. The molecule has 0 fully saturated rings. The minimum atomic E-state index is -0.444. The molecule has 0 bridgehead atoms. The highest BCUT2D eigenvalue weighted by atomic mass is 35.5. The van der Waals surface area contributed by atoms with Gasteiger partial charge in [-0.3, -0.25) is 9.59 Å². The van der Waals surface area contributed by atoms with Gasteiger partial charge in [-0.2, -0.15) is 0 Å². The van der Waals surface area contributed by atoms with Crippen LogP contribution in [-0.2, 0) is 4.79 Å². The summed E-state index contributed by atoms with van der Waals surface area (Å²) in [6.07, 6.45) is 0.340. The molecule has 0 aliphatic carbocycles. The van der Waals surface area contributed by atoms with Gasteiger partial charge in [0.1, 0.15) is 5.75 Å². The second-order valence-corrected chi connectivity index (χ2v) is 5.29. The first-order chi connectivity index (χ1) is 9.38. The number of amides is 1. The summed E-state index contributed by atoms with van der Waals surface area (Å²) in [5, 5.41) is 2.79. The normalized spacial score (nSPS) is 10.5. The van der Waals surface area contributed by atoms with Crippen LogP contribution in [0.15, 0.2) is 24.3 Å². The Hall–Kier alpha value is -1.59. The molecule has 1 aromatic carbocycles. The zero-order valence-electron chi connectivity index (χ0n) is 12.6. The molecule has 0 aliphatic heterocycles. The fraction of sp³-hybridized carbons (Fsp3) is 0.467. The van der Waals surface area contributed by atoms with Crippen molar-refractivity contribution in [3.63, 3.8) is 0 Å². The van der Waals surface area contributed by atoms with Crippen molar-refractivity contribution < 1.29 is 14.3 Å². The SMILES string of the molecule is COc1ccc(C(=O)CCC(=O)NC(C)(C)CN)cc1.Cl. The predicted molar refractivity (Wildman–Crippen MR) is 85.1 cm³/mol. The second-order valence-electron chi connectivity index (χ2n) is 5.29. The highest BCUT2D eigenvalue weighted by Crippen LogP contribution is 2.13. The molecule has 0 heterocycles. The molecule has 1 aromatic rings. The fourth-order valence-electron chi connectivity index (χ4n) is 1.64. The third-order valence-corrected chi connectivity index (χ3v) is 2.98. The van der Waals surface area contributed by atoms with Gasteiger partial charge in [0.15, 0.2) is 5.78 Å². The van der Waals surface area contributed by atoms with E-state index in [-0.39, 0.29) is 36.9 Å². The van der Waals surface area contributed by atoms with Crippen LogP contribution in [0.5, 0.6) is 5.75 Å². The van der Waals surface area contributed by atoms with Crippen molar-refractivity contribution in [2.24, 2.45) is 5.73 Å². The van der Waals surface area contributed by atoms with Crippen molar-refractivity contribution in [1.82, 2.24) is 5.32 Å². The molecule has 0 saturated carbocycles. The summed E-state index contributed by atoms with van der Waals surface area (Å²) in [7, 11) is 1.57. The van der Waals surface area contributed by atoms with E-state index < -0.39 is 5.54 Å². The first-order valence-corrected chi connectivity index (χ1v) is 6.56. The highest BCUT2D eigenvalue weighted by Gasteiger charge is 2.18. The quantitative estimate of drug-likeness (QED) is 0.754. The van der Waals surface area contributed by atoms with Gasteiger partial charge in [0, 0.05) is 30.5 Å². The van der Waals surface area contributed by atoms with Crippen LogP contribution < -0.4 is 15.8 Å². The number of halogens is 1. The van der Waals surface area contributed by atoms with Gasteiger partial charge in [-0.1, -0.05) is 0 Å². The topological polar surface area (TPSA) is 81.4 Å². The molecule has 0 saturated heterocycles. The van der Waals surface area contributed by atoms with Crippen LogP contribution in [0.3, 0.4) is 0 Å².